The Morgan fingerprint density at radius 3 is 2.61 bits per heavy atom. The summed E-state index contributed by atoms with van der Waals surface area (Å²) in [4.78, 5) is 19.4. The fourth-order valence-electron chi connectivity index (χ4n) is 4.60. The standard InChI is InChI=1S/C23H36N4O/c1-15(2)20(24)13-21(25)23(28)27-10-9-18(14-27)22-12-19(11-16(3)26-22)17-7-5-4-6-8-17/h11-12,15,17-18,21,24H,4-10,13-14,25H2,1-3H3. The SMILES string of the molecule is Cc1cc(C2CCCCC2)cc(C2CCN(C(=O)C(N)CC(=N)C(C)C)C2)n1. The number of hydrogen-bond acceptors (Lipinski definition) is 4. The Labute approximate surface area is 169 Å². The van der Waals surface area contributed by atoms with Crippen molar-refractivity contribution < 1.29 is 4.79 Å². The fraction of sp³-hybridized carbons (Fsp3) is 0.696. The molecule has 0 aromatic carbocycles. The smallest absolute Gasteiger partial charge is 0.239 e. The van der Waals surface area contributed by atoms with Gasteiger partial charge in [0.25, 0.3) is 0 Å². The van der Waals surface area contributed by atoms with Crippen LogP contribution in [-0.4, -0.2) is 40.6 Å². The van der Waals surface area contributed by atoms with Crippen LogP contribution in [-0.2, 0) is 4.79 Å². The Hall–Kier alpha value is -1.75. The van der Waals surface area contributed by atoms with E-state index in [2.05, 4.69) is 19.1 Å². The van der Waals surface area contributed by atoms with Gasteiger partial charge in [0.05, 0.1) is 6.04 Å². The first-order valence-corrected chi connectivity index (χ1v) is 10.9. The molecule has 1 aromatic rings. The molecule has 0 bridgehead atoms. The van der Waals surface area contributed by atoms with Crippen LogP contribution in [0.5, 0.6) is 0 Å². The molecular formula is C23H36N4O. The van der Waals surface area contributed by atoms with Crippen molar-refractivity contribution in [1.82, 2.24) is 9.88 Å². The number of carbonyl (C=O) groups excluding carboxylic acids is 1. The van der Waals surface area contributed by atoms with Gasteiger partial charge in [-0.05, 0) is 55.7 Å². The molecule has 5 nitrogen and oxygen atoms in total. The highest BCUT2D eigenvalue weighted by Gasteiger charge is 2.32. The van der Waals surface area contributed by atoms with Gasteiger partial charge in [-0.2, -0.15) is 0 Å². The maximum atomic E-state index is 12.7. The van der Waals surface area contributed by atoms with Gasteiger partial charge in [-0.1, -0.05) is 33.1 Å². The number of hydrogen-bond donors (Lipinski definition) is 2. The van der Waals surface area contributed by atoms with E-state index in [0.717, 1.165) is 24.4 Å². The highest BCUT2D eigenvalue weighted by molar-refractivity contribution is 5.91. The quantitative estimate of drug-likeness (QED) is 0.723. The highest BCUT2D eigenvalue weighted by atomic mass is 16.2. The van der Waals surface area contributed by atoms with Gasteiger partial charge in [0.1, 0.15) is 0 Å². The van der Waals surface area contributed by atoms with Crippen molar-refractivity contribution >= 4 is 11.6 Å². The van der Waals surface area contributed by atoms with Gasteiger partial charge < -0.3 is 16.0 Å². The maximum Gasteiger partial charge on any atom is 0.239 e. The van der Waals surface area contributed by atoms with Gasteiger partial charge in [-0.25, -0.2) is 0 Å². The summed E-state index contributed by atoms with van der Waals surface area (Å²) in [7, 11) is 0. The van der Waals surface area contributed by atoms with Gasteiger partial charge in [0.2, 0.25) is 5.91 Å². The zero-order valence-electron chi connectivity index (χ0n) is 17.7. The number of nitrogens with two attached hydrogens (primary N) is 1. The van der Waals surface area contributed by atoms with Crippen LogP contribution in [0.25, 0.3) is 0 Å². The van der Waals surface area contributed by atoms with Crippen molar-refractivity contribution in [2.75, 3.05) is 13.1 Å². The largest absolute Gasteiger partial charge is 0.341 e. The zero-order chi connectivity index (χ0) is 20.3. The lowest BCUT2D eigenvalue weighted by Crippen LogP contribution is -2.44. The van der Waals surface area contributed by atoms with E-state index < -0.39 is 6.04 Å². The zero-order valence-corrected chi connectivity index (χ0v) is 17.7. The van der Waals surface area contributed by atoms with E-state index in [-0.39, 0.29) is 11.8 Å². The summed E-state index contributed by atoms with van der Waals surface area (Å²) in [6, 6.07) is 3.96. The minimum Gasteiger partial charge on any atom is -0.341 e. The van der Waals surface area contributed by atoms with Crippen LogP contribution in [0, 0.1) is 18.3 Å². The van der Waals surface area contributed by atoms with Gasteiger partial charge >= 0.3 is 0 Å². The molecule has 154 valence electrons. The number of rotatable bonds is 6. The monoisotopic (exact) mass is 384 g/mol. The molecular weight excluding hydrogens is 348 g/mol. The molecule has 2 atom stereocenters. The van der Waals surface area contributed by atoms with E-state index in [4.69, 9.17) is 16.1 Å². The summed E-state index contributed by atoms with van der Waals surface area (Å²) in [5, 5.41) is 8.00. The first kappa shape index (κ1) is 21.0. The van der Waals surface area contributed by atoms with E-state index in [9.17, 15) is 4.79 Å². The number of aromatic nitrogens is 1. The molecule has 1 saturated carbocycles. The summed E-state index contributed by atoms with van der Waals surface area (Å²) in [5.74, 6) is 1.08. The number of pyridine rings is 1. The number of aryl methyl sites for hydroxylation is 1. The van der Waals surface area contributed by atoms with Gasteiger partial charge in [-0.3, -0.25) is 9.78 Å². The molecule has 0 spiro atoms. The Balaban J connectivity index is 1.65. The van der Waals surface area contributed by atoms with Gasteiger partial charge in [0.15, 0.2) is 0 Å². The van der Waals surface area contributed by atoms with E-state index in [0.29, 0.717) is 30.5 Å². The predicted molar refractivity (Wildman–Crippen MR) is 114 cm³/mol. The Bertz CT molecular complexity index is 709. The molecule has 2 aliphatic rings. The summed E-state index contributed by atoms with van der Waals surface area (Å²) in [6.45, 7) is 7.46. The topological polar surface area (TPSA) is 83.1 Å². The molecule has 1 aliphatic carbocycles. The Morgan fingerprint density at radius 2 is 1.93 bits per heavy atom. The molecule has 1 saturated heterocycles. The van der Waals surface area contributed by atoms with Crippen LogP contribution >= 0.6 is 0 Å². The summed E-state index contributed by atoms with van der Waals surface area (Å²) in [5.41, 5.74) is 10.3. The van der Waals surface area contributed by atoms with Crippen molar-refractivity contribution in [2.45, 2.75) is 83.6 Å². The van der Waals surface area contributed by atoms with Gasteiger partial charge in [0, 0.05) is 42.5 Å². The van der Waals surface area contributed by atoms with Crippen molar-refractivity contribution in [2.24, 2.45) is 11.7 Å². The van der Waals surface area contributed by atoms with E-state index in [1.807, 2.05) is 18.7 Å². The number of amides is 1. The number of nitrogens with zero attached hydrogens (tertiary/aromatic N) is 2. The van der Waals surface area contributed by atoms with Crippen LogP contribution in [0.2, 0.25) is 0 Å². The van der Waals surface area contributed by atoms with Crippen LogP contribution in [0.3, 0.4) is 0 Å². The van der Waals surface area contributed by atoms with E-state index >= 15 is 0 Å². The van der Waals surface area contributed by atoms with Crippen LogP contribution in [0.4, 0.5) is 0 Å². The second-order valence-corrected chi connectivity index (χ2v) is 9.06. The first-order valence-electron chi connectivity index (χ1n) is 10.9. The van der Waals surface area contributed by atoms with E-state index in [1.54, 1.807) is 0 Å². The molecule has 5 heteroatoms. The lowest BCUT2D eigenvalue weighted by Gasteiger charge is -2.24. The summed E-state index contributed by atoms with van der Waals surface area (Å²) in [6.07, 6.45) is 7.89. The van der Waals surface area contributed by atoms with E-state index in [1.165, 1.54) is 37.7 Å². The minimum absolute atomic E-state index is 0.0203. The van der Waals surface area contributed by atoms with Crippen molar-refractivity contribution in [1.29, 1.82) is 5.41 Å². The maximum absolute atomic E-state index is 12.7. The molecule has 3 N–H and O–H groups in total. The second-order valence-electron chi connectivity index (χ2n) is 9.06. The van der Waals surface area contributed by atoms with Crippen LogP contribution < -0.4 is 5.73 Å². The second kappa shape index (κ2) is 9.17. The normalized spacial score (nSPS) is 21.9. The summed E-state index contributed by atoms with van der Waals surface area (Å²) >= 11 is 0. The van der Waals surface area contributed by atoms with Crippen LogP contribution in [0.15, 0.2) is 12.1 Å². The average molecular weight is 385 g/mol. The van der Waals surface area contributed by atoms with Crippen molar-refractivity contribution in [3.63, 3.8) is 0 Å². The van der Waals surface area contributed by atoms with Crippen molar-refractivity contribution in [3.8, 4) is 0 Å². The molecule has 1 aromatic heterocycles. The Kier molecular flexibility index (Phi) is 6.86. The number of carbonyl (C=O) groups is 1. The minimum atomic E-state index is -0.600. The molecule has 1 amide bonds. The number of likely N-dealkylation sites (tertiary alicyclic amines) is 1. The third-order valence-electron chi connectivity index (χ3n) is 6.44. The molecule has 2 heterocycles. The Morgan fingerprint density at radius 1 is 1.21 bits per heavy atom. The fourth-order valence-corrected chi connectivity index (χ4v) is 4.60. The average Bonchev–Trinajstić information content (AvgIpc) is 3.17. The number of nitrogens with one attached hydrogen (secondary N) is 1. The molecule has 2 unspecified atom stereocenters. The molecule has 1 aliphatic heterocycles. The van der Waals surface area contributed by atoms with Gasteiger partial charge in [-0.15, -0.1) is 0 Å². The molecule has 3 rings (SSSR count). The highest BCUT2D eigenvalue weighted by Crippen LogP contribution is 2.35. The van der Waals surface area contributed by atoms with Crippen LogP contribution in [0.1, 0.15) is 87.6 Å². The lowest BCUT2D eigenvalue weighted by atomic mass is 9.83. The summed E-state index contributed by atoms with van der Waals surface area (Å²) < 4.78 is 0. The molecule has 0 radical (unpaired) electrons. The third kappa shape index (κ3) is 4.99. The third-order valence-corrected chi connectivity index (χ3v) is 6.44. The molecule has 2 fully saturated rings. The lowest BCUT2D eigenvalue weighted by molar-refractivity contribution is -0.131. The first-order chi connectivity index (χ1) is 13.3. The van der Waals surface area contributed by atoms with Crippen molar-refractivity contribution in [3.05, 3.63) is 29.1 Å². The molecule has 28 heavy (non-hydrogen) atoms. The predicted octanol–water partition coefficient (Wildman–Crippen LogP) is 4.15.